The smallest absolute Gasteiger partial charge is 0.323 e. The summed E-state index contributed by atoms with van der Waals surface area (Å²) in [4.78, 5) is 47.3. The quantitative estimate of drug-likeness (QED) is 0.481. The molecule has 3 aromatic rings. The molecule has 7 nitrogen and oxygen atoms in total. The van der Waals surface area contributed by atoms with Crippen molar-refractivity contribution in [2.75, 3.05) is 11.4 Å². The molecule has 8 heteroatoms. The Hall–Kier alpha value is -3.26. The number of para-hydroxylation sites is 1. The number of hydrogen-bond donors (Lipinski definition) is 1. The van der Waals surface area contributed by atoms with Crippen molar-refractivity contribution in [3.8, 4) is 0 Å². The van der Waals surface area contributed by atoms with Crippen molar-refractivity contribution in [3.63, 3.8) is 0 Å². The number of rotatable bonds is 6. The van der Waals surface area contributed by atoms with Gasteiger partial charge in [0.1, 0.15) is 12.1 Å². The van der Waals surface area contributed by atoms with Gasteiger partial charge < -0.3 is 5.32 Å². The van der Waals surface area contributed by atoms with Gasteiger partial charge in [-0.2, -0.15) is 0 Å². The Labute approximate surface area is 209 Å². The lowest BCUT2D eigenvalue weighted by Crippen LogP contribution is -2.49. The number of urea groups is 1. The van der Waals surface area contributed by atoms with Crippen molar-refractivity contribution in [1.29, 1.82) is 0 Å². The molecule has 0 atom stereocenters. The summed E-state index contributed by atoms with van der Waals surface area (Å²) in [5.41, 5.74) is 2.13. The molecule has 1 aliphatic carbocycles. The molecular weight excluding hydrogens is 460 g/mol. The van der Waals surface area contributed by atoms with Crippen LogP contribution in [0.1, 0.15) is 63.0 Å². The van der Waals surface area contributed by atoms with Crippen molar-refractivity contribution >= 4 is 44.5 Å². The molecular formula is C27H30N4O3S. The van der Waals surface area contributed by atoms with E-state index in [1.165, 1.54) is 11.3 Å². The van der Waals surface area contributed by atoms with Gasteiger partial charge in [-0.25, -0.2) is 9.78 Å². The van der Waals surface area contributed by atoms with E-state index in [1.54, 1.807) is 4.90 Å². The van der Waals surface area contributed by atoms with Crippen LogP contribution in [-0.2, 0) is 16.1 Å². The average molecular weight is 491 g/mol. The third kappa shape index (κ3) is 4.43. The highest BCUT2D eigenvalue weighted by atomic mass is 32.1. The van der Waals surface area contributed by atoms with Gasteiger partial charge in [-0.1, -0.05) is 86.9 Å². The van der Waals surface area contributed by atoms with Crippen molar-refractivity contribution in [3.05, 3.63) is 59.7 Å². The van der Waals surface area contributed by atoms with Crippen LogP contribution in [0.25, 0.3) is 10.2 Å². The number of carbonyl (C=O) groups excluding carboxylic acids is 3. The minimum absolute atomic E-state index is 0.276. The standard InChI is InChI=1S/C27H30N4O3S/c1-18(2)20-12-9-13-21-23(20)28-26(35-21)30(16-19-10-5-3-6-11-19)22(32)17-31-24(33)27(29-25(31)34)14-7-4-8-15-27/h3,5-6,9-13,18H,4,7-8,14-17H2,1-2H3,(H,29,34). The van der Waals surface area contributed by atoms with E-state index in [9.17, 15) is 14.4 Å². The maximum atomic E-state index is 13.7. The maximum absolute atomic E-state index is 13.7. The molecule has 0 unspecified atom stereocenters. The first-order valence-electron chi connectivity index (χ1n) is 12.3. The lowest BCUT2D eigenvalue weighted by molar-refractivity contribution is -0.135. The highest BCUT2D eigenvalue weighted by Crippen LogP contribution is 2.36. The molecule has 2 heterocycles. The van der Waals surface area contributed by atoms with Gasteiger partial charge in [0.15, 0.2) is 5.13 Å². The molecule has 5 rings (SSSR count). The molecule has 0 radical (unpaired) electrons. The number of thiazole rings is 1. The fraction of sp³-hybridized carbons (Fsp3) is 0.407. The van der Waals surface area contributed by atoms with Crippen molar-refractivity contribution in [2.24, 2.45) is 0 Å². The van der Waals surface area contributed by atoms with Crippen molar-refractivity contribution < 1.29 is 14.4 Å². The normalized spacial score (nSPS) is 17.4. The largest absolute Gasteiger partial charge is 0.325 e. The van der Waals surface area contributed by atoms with Crippen LogP contribution in [0.2, 0.25) is 0 Å². The number of imide groups is 1. The van der Waals surface area contributed by atoms with Crippen molar-refractivity contribution in [2.45, 2.75) is 64.0 Å². The Morgan fingerprint density at radius 2 is 1.83 bits per heavy atom. The van der Waals surface area contributed by atoms with Gasteiger partial charge in [-0.05, 0) is 36.0 Å². The molecule has 0 bridgehead atoms. The maximum Gasteiger partial charge on any atom is 0.325 e. The summed E-state index contributed by atoms with van der Waals surface area (Å²) >= 11 is 1.46. The first-order chi connectivity index (χ1) is 16.9. The van der Waals surface area contributed by atoms with E-state index in [-0.39, 0.29) is 18.4 Å². The fourth-order valence-corrected chi connectivity index (χ4v) is 6.12. The van der Waals surface area contributed by atoms with Gasteiger partial charge >= 0.3 is 6.03 Å². The van der Waals surface area contributed by atoms with Gasteiger partial charge in [0, 0.05) is 0 Å². The Morgan fingerprint density at radius 3 is 2.54 bits per heavy atom. The molecule has 1 N–H and O–H groups in total. The summed E-state index contributed by atoms with van der Waals surface area (Å²) in [5, 5.41) is 3.47. The van der Waals surface area contributed by atoms with Crippen LogP contribution in [0, 0.1) is 0 Å². The van der Waals surface area contributed by atoms with Gasteiger partial charge in [0.25, 0.3) is 5.91 Å². The zero-order valence-electron chi connectivity index (χ0n) is 20.1. The monoisotopic (exact) mass is 490 g/mol. The number of hydrogen-bond acceptors (Lipinski definition) is 5. The molecule has 1 spiro atoms. The predicted molar refractivity (Wildman–Crippen MR) is 137 cm³/mol. The molecule has 2 fully saturated rings. The summed E-state index contributed by atoms with van der Waals surface area (Å²) in [6.07, 6.45) is 4.12. The molecule has 35 heavy (non-hydrogen) atoms. The predicted octanol–water partition coefficient (Wildman–Crippen LogP) is 5.21. The van der Waals surface area contributed by atoms with Crippen LogP contribution in [-0.4, -0.2) is 39.8 Å². The van der Waals surface area contributed by atoms with Crippen LogP contribution in [0.5, 0.6) is 0 Å². The lowest BCUT2D eigenvalue weighted by atomic mass is 9.82. The molecule has 4 amide bonds. The van der Waals surface area contributed by atoms with Crippen LogP contribution >= 0.6 is 11.3 Å². The zero-order chi connectivity index (χ0) is 24.6. The van der Waals surface area contributed by atoms with E-state index in [4.69, 9.17) is 4.98 Å². The molecule has 1 saturated carbocycles. The van der Waals surface area contributed by atoms with Crippen LogP contribution in [0.4, 0.5) is 9.93 Å². The van der Waals surface area contributed by atoms with E-state index in [0.717, 1.165) is 45.5 Å². The number of nitrogens with one attached hydrogen (secondary N) is 1. The number of fused-ring (bicyclic) bond motifs is 1. The van der Waals surface area contributed by atoms with Gasteiger partial charge in [-0.15, -0.1) is 0 Å². The van der Waals surface area contributed by atoms with Crippen LogP contribution < -0.4 is 10.2 Å². The Balaban J connectivity index is 1.46. The Kier molecular flexibility index (Phi) is 6.32. The highest BCUT2D eigenvalue weighted by Gasteiger charge is 2.51. The second kappa shape index (κ2) is 9.41. The summed E-state index contributed by atoms with van der Waals surface area (Å²) in [5.74, 6) is -0.304. The fourth-order valence-electron chi connectivity index (χ4n) is 5.10. The Morgan fingerprint density at radius 1 is 1.09 bits per heavy atom. The van der Waals surface area contributed by atoms with Crippen LogP contribution in [0.15, 0.2) is 48.5 Å². The van der Waals surface area contributed by atoms with Crippen molar-refractivity contribution in [1.82, 2.24) is 15.2 Å². The third-order valence-corrected chi connectivity index (χ3v) is 8.07. The molecule has 1 aromatic heterocycles. The number of carbonyl (C=O) groups is 3. The summed E-state index contributed by atoms with van der Waals surface area (Å²) < 4.78 is 1.01. The topological polar surface area (TPSA) is 82.6 Å². The van der Waals surface area contributed by atoms with Crippen LogP contribution in [0.3, 0.4) is 0 Å². The second-order valence-electron chi connectivity index (χ2n) is 9.77. The van der Waals surface area contributed by atoms with E-state index >= 15 is 0 Å². The van der Waals surface area contributed by atoms with Gasteiger partial charge in [0.05, 0.1) is 16.8 Å². The first kappa shape index (κ1) is 23.5. The molecule has 2 aliphatic rings. The van der Waals surface area contributed by atoms with E-state index in [1.807, 2.05) is 42.5 Å². The molecule has 1 saturated heterocycles. The average Bonchev–Trinajstić information content (AvgIpc) is 3.38. The Bertz CT molecular complexity index is 1260. The highest BCUT2D eigenvalue weighted by molar-refractivity contribution is 7.22. The molecule has 182 valence electrons. The summed E-state index contributed by atoms with van der Waals surface area (Å²) in [6, 6.07) is 15.3. The number of amides is 4. The number of nitrogens with zero attached hydrogens (tertiary/aromatic N) is 3. The van der Waals surface area contributed by atoms with E-state index in [0.29, 0.717) is 30.4 Å². The molecule has 2 aromatic carbocycles. The first-order valence-corrected chi connectivity index (χ1v) is 13.1. The van der Waals surface area contributed by atoms with Gasteiger partial charge in [0.2, 0.25) is 5.91 Å². The summed E-state index contributed by atoms with van der Waals surface area (Å²) in [6.45, 7) is 4.26. The number of aromatic nitrogens is 1. The SMILES string of the molecule is CC(C)c1cccc2sc(N(Cc3ccccc3)C(=O)CN3C(=O)NC4(CCCCC4)C3=O)nc12. The van der Waals surface area contributed by atoms with E-state index < -0.39 is 11.6 Å². The second-order valence-corrected chi connectivity index (χ2v) is 10.8. The van der Waals surface area contributed by atoms with E-state index in [2.05, 4.69) is 25.2 Å². The number of benzene rings is 2. The third-order valence-electron chi connectivity index (χ3n) is 7.02. The number of anilines is 1. The summed E-state index contributed by atoms with van der Waals surface area (Å²) in [7, 11) is 0. The lowest BCUT2D eigenvalue weighted by Gasteiger charge is -2.30. The minimum Gasteiger partial charge on any atom is -0.323 e. The zero-order valence-corrected chi connectivity index (χ0v) is 20.9. The molecule has 1 aliphatic heterocycles. The minimum atomic E-state index is -0.845. The van der Waals surface area contributed by atoms with Gasteiger partial charge in [-0.3, -0.25) is 19.4 Å².